The van der Waals surface area contributed by atoms with Crippen molar-refractivity contribution in [1.29, 1.82) is 0 Å². The number of hydrogen-bond donors (Lipinski definition) is 1. The first kappa shape index (κ1) is 17.0. The van der Waals surface area contributed by atoms with Crippen LogP contribution in [0.1, 0.15) is 76.9 Å². The number of aryl methyl sites for hydroxylation is 1. The number of aromatic nitrogens is 2. The van der Waals surface area contributed by atoms with E-state index in [1.54, 1.807) is 0 Å². The van der Waals surface area contributed by atoms with Crippen molar-refractivity contribution in [1.82, 2.24) is 15.1 Å². The molecule has 2 rings (SSSR count). The quantitative estimate of drug-likeness (QED) is 0.705. The molecule has 1 atom stereocenters. The molecule has 1 fully saturated rings. The molecule has 21 heavy (non-hydrogen) atoms. The monoisotopic (exact) mass is 355 g/mol. The van der Waals surface area contributed by atoms with Crippen LogP contribution in [0, 0.1) is 5.92 Å². The van der Waals surface area contributed by atoms with Gasteiger partial charge in [-0.2, -0.15) is 5.10 Å². The maximum absolute atomic E-state index is 4.53. The predicted molar refractivity (Wildman–Crippen MR) is 92.4 cm³/mol. The molecule has 1 aliphatic rings. The third kappa shape index (κ3) is 4.82. The molecule has 1 unspecified atom stereocenters. The van der Waals surface area contributed by atoms with Gasteiger partial charge >= 0.3 is 0 Å². The molecule has 0 saturated heterocycles. The molecule has 120 valence electrons. The summed E-state index contributed by atoms with van der Waals surface area (Å²) in [5.41, 5.74) is 1.34. The number of nitrogens with zero attached hydrogens (tertiary/aromatic N) is 2. The lowest BCUT2D eigenvalue weighted by atomic mass is 9.85. The Morgan fingerprint density at radius 1 is 1.33 bits per heavy atom. The summed E-state index contributed by atoms with van der Waals surface area (Å²) in [6.45, 7) is 6.43. The molecule has 0 spiro atoms. The lowest BCUT2D eigenvalue weighted by Gasteiger charge is -2.25. The summed E-state index contributed by atoms with van der Waals surface area (Å²) in [5.74, 6) is 0.946. The molecule has 1 heterocycles. The van der Waals surface area contributed by atoms with E-state index >= 15 is 0 Å². The van der Waals surface area contributed by atoms with Crippen molar-refractivity contribution >= 4 is 15.9 Å². The molecule has 0 aromatic carbocycles. The number of nitrogens with one attached hydrogen (secondary N) is 1. The largest absolute Gasteiger partial charge is 0.309 e. The Labute approximate surface area is 138 Å². The van der Waals surface area contributed by atoms with E-state index in [9.17, 15) is 0 Å². The third-order valence-electron chi connectivity index (χ3n) is 4.64. The highest BCUT2D eigenvalue weighted by atomic mass is 79.9. The summed E-state index contributed by atoms with van der Waals surface area (Å²) < 4.78 is 3.34. The van der Waals surface area contributed by atoms with Crippen LogP contribution < -0.4 is 5.32 Å². The smallest absolute Gasteiger partial charge is 0.0695 e. The molecule has 1 aliphatic carbocycles. The van der Waals surface area contributed by atoms with Crippen LogP contribution in [0.25, 0.3) is 0 Å². The van der Waals surface area contributed by atoms with E-state index in [0.29, 0.717) is 6.04 Å². The molecule has 0 radical (unpaired) electrons. The van der Waals surface area contributed by atoms with Gasteiger partial charge < -0.3 is 5.32 Å². The standard InChI is InChI=1S/C17H30BrN3/c1-3-12-21-17(15(18)13-20-21)16(19-4-2)11-10-14-8-6-5-7-9-14/h13-14,16,19H,3-12H2,1-2H3. The maximum atomic E-state index is 4.53. The fourth-order valence-electron chi connectivity index (χ4n) is 3.57. The molecule has 1 saturated carbocycles. The molecular formula is C17H30BrN3. The first-order valence-electron chi connectivity index (χ1n) is 8.70. The van der Waals surface area contributed by atoms with E-state index in [2.05, 4.69) is 44.9 Å². The summed E-state index contributed by atoms with van der Waals surface area (Å²) in [4.78, 5) is 0. The van der Waals surface area contributed by atoms with Crippen molar-refractivity contribution in [3.8, 4) is 0 Å². The van der Waals surface area contributed by atoms with E-state index in [-0.39, 0.29) is 0 Å². The Balaban J connectivity index is 2.01. The molecule has 0 amide bonds. The lowest BCUT2D eigenvalue weighted by molar-refractivity contribution is 0.310. The van der Waals surface area contributed by atoms with Crippen LogP contribution in [-0.4, -0.2) is 16.3 Å². The van der Waals surface area contributed by atoms with Crippen LogP contribution in [-0.2, 0) is 6.54 Å². The average molecular weight is 356 g/mol. The minimum atomic E-state index is 0.431. The molecule has 1 N–H and O–H groups in total. The van der Waals surface area contributed by atoms with Crippen molar-refractivity contribution in [3.63, 3.8) is 0 Å². The van der Waals surface area contributed by atoms with E-state index in [1.807, 2.05) is 6.20 Å². The highest BCUT2D eigenvalue weighted by Crippen LogP contribution is 2.32. The molecule has 1 aromatic rings. The summed E-state index contributed by atoms with van der Waals surface area (Å²) in [7, 11) is 0. The fourth-order valence-corrected chi connectivity index (χ4v) is 4.14. The number of hydrogen-bond acceptors (Lipinski definition) is 2. The zero-order chi connectivity index (χ0) is 15.1. The van der Waals surface area contributed by atoms with Crippen LogP contribution in [0.3, 0.4) is 0 Å². The minimum Gasteiger partial charge on any atom is -0.309 e. The topological polar surface area (TPSA) is 29.9 Å². The van der Waals surface area contributed by atoms with Gasteiger partial charge in [-0.25, -0.2) is 0 Å². The van der Waals surface area contributed by atoms with Gasteiger partial charge in [-0.15, -0.1) is 0 Å². The van der Waals surface area contributed by atoms with Crippen molar-refractivity contribution < 1.29 is 0 Å². The zero-order valence-electron chi connectivity index (χ0n) is 13.6. The van der Waals surface area contributed by atoms with Crippen molar-refractivity contribution in [3.05, 3.63) is 16.4 Å². The molecule has 4 heteroatoms. The Kier molecular flexibility index (Phi) is 7.24. The van der Waals surface area contributed by atoms with Gasteiger partial charge in [-0.1, -0.05) is 46.0 Å². The van der Waals surface area contributed by atoms with Gasteiger partial charge in [0.1, 0.15) is 0 Å². The highest BCUT2D eigenvalue weighted by Gasteiger charge is 2.21. The van der Waals surface area contributed by atoms with E-state index < -0.39 is 0 Å². The first-order valence-corrected chi connectivity index (χ1v) is 9.50. The van der Waals surface area contributed by atoms with Crippen LogP contribution in [0.4, 0.5) is 0 Å². The average Bonchev–Trinajstić information content (AvgIpc) is 2.86. The fraction of sp³-hybridized carbons (Fsp3) is 0.824. The highest BCUT2D eigenvalue weighted by molar-refractivity contribution is 9.10. The van der Waals surface area contributed by atoms with Gasteiger partial charge in [-0.3, -0.25) is 4.68 Å². The second-order valence-electron chi connectivity index (χ2n) is 6.29. The zero-order valence-corrected chi connectivity index (χ0v) is 15.2. The molecule has 0 bridgehead atoms. The minimum absolute atomic E-state index is 0.431. The van der Waals surface area contributed by atoms with Gasteiger partial charge in [0.15, 0.2) is 0 Å². The Morgan fingerprint density at radius 2 is 2.10 bits per heavy atom. The number of rotatable bonds is 8. The summed E-state index contributed by atoms with van der Waals surface area (Å²) >= 11 is 3.70. The first-order chi connectivity index (χ1) is 10.3. The molecular weight excluding hydrogens is 326 g/mol. The summed E-state index contributed by atoms with van der Waals surface area (Å²) in [6.07, 6.45) is 12.9. The Morgan fingerprint density at radius 3 is 2.76 bits per heavy atom. The molecule has 3 nitrogen and oxygen atoms in total. The van der Waals surface area contributed by atoms with Crippen LogP contribution in [0.15, 0.2) is 10.7 Å². The second kappa shape index (κ2) is 8.94. The Hall–Kier alpha value is -0.350. The van der Waals surface area contributed by atoms with Crippen molar-refractivity contribution in [2.75, 3.05) is 6.54 Å². The van der Waals surface area contributed by atoms with E-state index in [4.69, 9.17) is 0 Å². The molecule has 0 aliphatic heterocycles. The molecule has 1 aromatic heterocycles. The maximum Gasteiger partial charge on any atom is 0.0695 e. The van der Waals surface area contributed by atoms with E-state index in [1.165, 1.54) is 50.6 Å². The predicted octanol–water partition coefficient (Wildman–Crippen LogP) is 5.07. The van der Waals surface area contributed by atoms with Gasteiger partial charge in [-0.05, 0) is 47.7 Å². The van der Waals surface area contributed by atoms with Crippen LogP contribution >= 0.6 is 15.9 Å². The SMILES string of the molecule is CCCn1ncc(Br)c1C(CCC1CCCCC1)NCC. The summed E-state index contributed by atoms with van der Waals surface area (Å²) in [5, 5.41) is 8.21. The number of halogens is 1. The van der Waals surface area contributed by atoms with Gasteiger partial charge in [0.2, 0.25) is 0 Å². The lowest BCUT2D eigenvalue weighted by Crippen LogP contribution is -2.25. The van der Waals surface area contributed by atoms with Gasteiger partial charge in [0.25, 0.3) is 0 Å². The van der Waals surface area contributed by atoms with Gasteiger partial charge in [0.05, 0.1) is 22.4 Å². The Bertz CT molecular complexity index is 410. The second-order valence-corrected chi connectivity index (χ2v) is 7.15. The van der Waals surface area contributed by atoms with Gasteiger partial charge in [0, 0.05) is 6.54 Å². The van der Waals surface area contributed by atoms with Crippen molar-refractivity contribution in [2.24, 2.45) is 5.92 Å². The third-order valence-corrected chi connectivity index (χ3v) is 5.25. The van der Waals surface area contributed by atoms with E-state index in [0.717, 1.165) is 29.9 Å². The van der Waals surface area contributed by atoms with Crippen LogP contribution in [0.2, 0.25) is 0 Å². The summed E-state index contributed by atoms with van der Waals surface area (Å²) in [6, 6.07) is 0.431. The normalized spacial score (nSPS) is 18.0. The van der Waals surface area contributed by atoms with Crippen molar-refractivity contribution in [2.45, 2.75) is 77.8 Å². The van der Waals surface area contributed by atoms with Crippen LogP contribution in [0.5, 0.6) is 0 Å².